The van der Waals surface area contributed by atoms with Gasteiger partial charge < -0.3 is 4.74 Å². The molecule has 0 saturated heterocycles. The normalized spacial score (nSPS) is 10.5. The Kier molecular flexibility index (Phi) is 3.72. The molecule has 0 atom stereocenters. The fraction of sp³-hybridized carbons (Fsp3) is 0.400. The minimum absolute atomic E-state index is 0.291. The lowest BCUT2D eigenvalue weighted by molar-refractivity contribution is 0.270. The van der Waals surface area contributed by atoms with Gasteiger partial charge in [-0.2, -0.15) is 0 Å². The highest BCUT2D eigenvalue weighted by Gasteiger charge is 2.01. The van der Waals surface area contributed by atoms with Crippen molar-refractivity contribution in [1.29, 1.82) is 0 Å². The summed E-state index contributed by atoms with van der Waals surface area (Å²) < 4.78 is 18.8. The van der Waals surface area contributed by atoms with Crippen LogP contribution in [0.2, 0.25) is 0 Å². The standard InChI is InChI=1S/C10H12BrFO/c1-7(2)6-13-8-3-4-9(11)10(12)5-8/h3-5,7H,6H2,1-2H3. The second kappa shape index (κ2) is 4.61. The molecule has 0 aliphatic heterocycles. The molecule has 0 N–H and O–H groups in total. The molecule has 0 fully saturated rings. The highest BCUT2D eigenvalue weighted by molar-refractivity contribution is 9.10. The van der Waals surface area contributed by atoms with Crippen LogP contribution in [0.15, 0.2) is 22.7 Å². The predicted octanol–water partition coefficient (Wildman–Crippen LogP) is 3.62. The zero-order valence-electron chi connectivity index (χ0n) is 7.68. The van der Waals surface area contributed by atoms with Gasteiger partial charge in [-0.05, 0) is 34.0 Å². The molecule has 0 radical (unpaired) electrons. The Morgan fingerprint density at radius 3 is 2.69 bits per heavy atom. The van der Waals surface area contributed by atoms with Gasteiger partial charge in [0.05, 0.1) is 11.1 Å². The fourth-order valence-corrected chi connectivity index (χ4v) is 1.08. The summed E-state index contributed by atoms with van der Waals surface area (Å²) in [7, 11) is 0. The van der Waals surface area contributed by atoms with Crippen LogP contribution in [0.4, 0.5) is 4.39 Å². The molecule has 0 saturated carbocycles. The van der Waals surface area contributed by atoms with Crippen LogP contribution in [-0.4, -0.2) is 6.61 Å². The Labute approximate surface area is 86.0 Å². The van der Waals surface area contributed by atoms with Crippen LogP contribution < -0.4 is 4.74 Å². The Morgan fingerprint density at radius 2 is 2.15 bits per heavy atom. The first-order valence-electron chi connectivity index (χ1n) is 4.17. The number of hydrogen-bond donors (Lipinski definition) is 0. The quantitative estimate of drug-likeness (QED) is 0.792. The van der Waals surface area contributed by atoms with E-state index in [0.29, 0.717) is 22.7 Å². The third-order valence-corrected chi connectivity index (χ3v) is 2.12. The van der Waals surface area contributed by atoms with Crippen molar-refractivity contribution in [2.75, 3.05) is 6.61 Å². The summed E-state index contributed by atoms with van der Waals surface area (Å²) in [6, 6.07) is 4.77. The highest BCUT2D eigenvalue weighted by atomic mass is 79.9. The Balaban J connectivity index is 2.63. The van der Waals surface area contributed by atoms with E-state index in [-0.39, 0.29) is 5.82 Å². The van der Waals surface area contributed by atoms with E-state index in [1.807, 2.05) is 0 Å². The molecule has 1 aromatic carbocycles. The van der Waals surface area contributed by atoms with Crippen LogP contribution >= 0.6 is 15.9 Å². The Hall–Kier alpha value is -0.570. The molecular formula is C10H12BrFO. The monoisotopic (exact) mass is 246 g/mol. The molecule has 3 heteroatoms. The summed E-state index contributed by atoms with van der Waals surface area (Å²) in [5, 5.41) is 0. The van der Waals surface area contributed by atoms with Gasteiger partial charge in [0.2, 0.25) is 0 Å². The molecule has 0 aromatic heterocycles. The van der Waals surface area contributed by atoms with E-state index in [2.05, 4.69) is 29.8 Å². The summed E-state index contributed by atoms with van der Waals surface area (Å²) >= 11 is 3.08. The number of benzene rings is 1. The van der Waals surface area contributed by atoms with Crippen molar-refractivity contribution in [2.24, 2.45) is 5.92 Å². The third-order valence-electron chi connectivity index (χ3n) is 1.47. The summed E-state index contributed by atoms with van der Waals surface area (Å²) in [6.07, 6.45) is 0. The van der Waals surface area contributed by atoms with Crippen molar-refractivity contribution in [2.45, 2.75) is 13.8 Å². The third kappa shape index (κ3) is 3.35. The Morgan fingerprint density at radius 1 is 1.46 bits per heavy atom. The molecular weight excluding hydrogens is 235 g/mol. The first kappa shape index (κ1) is 10.5. The molecule has 0 spiro atoms. The van der Waals surface area contributed by atoms with E-state index >= 15 is 0 Å². The van der Waals surface area contributed by atoms with Crippen molar-refractivity contribution >= 4 is 15.9 Å². The minimum atomic E-state index is -0.291. The lowest BCUT2D eigenvalue weighted by Gasteiger charge is -2.08. The maximum Gasteiger partial charge on any atom is 0.141 e. The number of halogens is 2. The van der Waals surface area contributed by atoms with E-state index in [0.717, 1.165) is 0 Å². The topological polar surface area (TPSA) is 9.23 Å². The van der Waals surface area contributed by atoms with Gasteiger partial charge in [0.25, 0.3) is 0 Å². The van der Waals surface area contributed by atoms with Crippen molar-refractivity contribution in [3.63, 3.8) is 0 Å². The average molecular weight is 247 g/mol. The molecule has 13 heavy (non-hydrogen) atoms. The maximum atomic E-state index is 13.0. The minimum Gasteiger partial charge on any atom is -0.493 e. The van der Waals surface area contributed by atoms with Crippen molar-refractivity contribution in [3.8, 4) is 5.75 Å². The average Bonchev–Trinajstić information content (AvgIpc) is 2.07. The summed E-state index contributed by atoms with van der Waals surface area (Å²) in [6.45, 7) is 4.71. The smallest absolute Gasteiger partial charge is 0.141 e. The largest absolute Gasteiger partial charge is 0.493 e. The molecule has 1 nitrogen and oxygen atoms in total. The first-order chi connectivity index (χ1) is 6.09. The maximum absolute atomic E-state index is 13.0. The number of rotatable bonds is 3. The van der Waals surface area contributed by atoms with Crippen LogP contribution in [0.1, 0.15) is 13.8 Å². The van der Waals surface area contributed by atoms with E-state index in [4.69, 9.17) is 4.74 Å². The van der Waals surface area contributed by atoms with E-state index < -0.39 is 0 Å². The van der Waals surface area contributed by atoms with Gasteiger partial charge in [0, 0.05) is 6.07 Å². The molecule has 0 unspecified atom stereocenters. The number of hydrogen-bond acceptors (Lipinski definition) is 1. The van der Waals surface area contributed by atoms with Crippen LogP contribution in [0.5, 0.6) is 5.75 Å². The van der Waals surface area contributed by atoms with Gasteiger partial charge in [0.15, 0.2) is 0 Å². The van der Waals surface area contributed by atoms with Crippen molar-refractivity contribution in [3.05, 3.63) is 28.5 Å². The fourth-order valence-electron chi connectivity index (χ4n) is 0.830. The molecule has 1 aromatic rings. The van der Waals surface area contributed by atoms with Gasteiger partial charge in [-0.3, -0.25) is 0 Å². The van der Waals surface area contributed by atoms with Gasteiger partial charge in [-0.25, -0.2) is 4.39 Å². The van der Waals surface area contributed by atoms with E-state index in [1.165, 1.54) is 6.07 Å². The van der Waals surface area contributed by atoms with E-state index in [1.54, 1.807) is 12.1 Å². The highest BCUT2D eigenvalue weighted by Crippen LogP contribution is 2.21. The zero-order valence-corrected chi connectivity index (χ0v) is 9.27. The molecule has 0 amide bonds. The van der Waals surface area contributed by atoms with Gasteiger partial charge in [-0.15, -0.1) is 0 Å². The van der Waals surface area contributed by atoms with Crippen LogP contribution in [-0.2, 0) is 0 Å². The molecule has 0 heterocycles. The summed E-state index contributed by atoms with van der Waals surface area (Å²) in [5.41, 5.74) is 0. The molecule has 72 valence electrons. The van der Waals surface area contributed by atoms with E-state index in [9.17, 15) is 4.39 Å². The lowest BCUT2D eigenvalue weighted by atomic mass is 10.2. The molecule has 0 aliphatic rings. The second-order valence-corrected chi connectivity index (χ2v) is 4.14. The van der Waals surface area contributed by atoms with Gasteiger partial charge in [0.1, 0.15) is 11.6 Å². The summed E-state index contributed by atoms with van der Waals surface area (Å²) in [5.74, 6) is 0.738. The van der Waals surface area contributed by atoms with Crippen molar-refractivity contribution in [1.82, 2.24) is 0 Å². The SMILES string of the molecule is CC(C)COc1ccc(Br)c(F)c1. The molecule has 1 rings (SSSR count). The lowest BCUT2D eigenvalue weighted by Crippen LogP contribution is -2.04. The van der Waals surface area contributed by atoms with Crippen LogP contribution in [0.3, 0.4) is 0 Å². The van der Waals surface area contributed by atoms with Crippen LogP contribution in [0.25, 0.3) is 0 Å². The van der Waals surface area contributed by atoms with Gasteiger partial charge in [-0.1, -0.05) is 13.8 Å². The van der Waals surface area contributed by atoms with Crippen LogP contribution in [0, 0.1) is 11.7 Å². The molecule has 0 aliphatic carbocycles. The van der Waals surface area contributed by atoms with Gasteiger partial charge >= 0.3 is 0 Å². The second-order valence-electron chi connectivity index (χ2n) is 3.28. The van der Waals surface area contributed by atoms with Crippen molar-refractivity contribution < 1.29 is 9.13 Å². The Bertz CT molecular complexity index is 286. The predicted molar refractivity (Wildman–Crippen MR) is 54.4 cm³/mol. The first-order valence-corrected chi connectivity index (χ1v) is 4.96. The number of ether oxygens (including phenoxy) is 1. The molecule has 0 bridgehead atoms. The summed E-state index contributed by atoms with van der Waals surface area (Å²) in [4.78, 5) is 0. The zero-order chi connectivity index (χ0) is 9.84.